The first-order valence-electron chi connectivity index (χ1n) is 12.9. The topological polar surface area (TPSA) is 148 Å². The Morgan fingerprint density at radius 1 is 0.977 bits per heavy atom. The Kier molecular flexibility index (Phi) is 14.8. The number of carboxylic acid groups (broad SMARTS) is 2. The van der Waals surface area contributed by atoms with Gasteiger partial charge in [-0.05, 0) is 50.6 Å². The van der Waals surface area contributed by atoms with E-state index in [4.69, 9.17) is 24.5 Å². The predicted octanol–water partition coefficient (Wildman–Crippen LogP) is 5.33. The molecule has 1 aromatic heterocycles. The Morgan fingerprint density at radius 2 is 1.53 bits per heavy atom. The molecule has 2 aromatic rings. The van der Waals surface area contributed by atoms with Crippen LogP contribution < -0.4 is 10.1 Å². The molecule has 1 aliphatic carbocycles. The Morgan fingerprint density at radius 3 is 1.98 bits per heavy atom. The lowest BCUT2D eigenvalue weighted by atomic mass is 9.89. The fourth-order valence-corrected chi connectivity index (χ4v) is 3.85. The fourth-order valence-electron chi connectivity index (χ4n) is 3.85. The van der Waals surface area contributed by atoms with Gasteiger partial charge in [0.15, 0.2) is 0 Å². The number of nitrogens with one attached hydrogen (secondary N) is 2. The number of aromatic amines is 1. The molecule has 0 saturated heterocycles. The maximum absolute atomic E-state index is 13.1. The van der Waals surface area contributed by atoms with Gasteiger partial charge in [0.1, 0.15) is 5.75 Å². The summed E-state index contributed by atoms with van der Waals surface area (Å²) >= 11 is 0. The molecule has 1 aliphatic rings. The van der Waals surface area contributed by atoms with Crippen molar-refractivity contribution in [1.82, 2.24) is 20.0 Å². The van der Waals surface area contributed by atoms with Crippen molar-refractivity contribution in [2.75, 3.05) is 46.2 Å². The van der Waals surface area contributed by atoms with Crippen molar-refractivity contribution in [1.29, 1.82) is 0 Å². The van der Waals surface area contributed by atoms with Crippen LogP contribution in [-0.4, -0.2) is 101 Å². The number of nitrogens with zero attached hydrogens (tertiary/aromatic N) is 3. The van der Waals surface area contributed by atoms with Gasteiger partial charge in [0, 0.05) is 31.4 Å². The molecule has 0 unspecified atom stereocenters. The van der Waals surface area contributed by atoms with Crippen LogP contribution in [-0.2, 0) is 9.59 Å². The lowest BCUT2D eigenvalue weighted by molar-refractivity contribution is -0.193. The number of halogens is 6. The molecule has 43 heavy (non-hydrogen) atoms. The first-order valence-corrected chi connectivity index (χ1v) is 12.9. The molecule has 0 atom stereocenters. The molecule has 1 aromatic carbocycles. The third kappa shape index (κ3) is 14.1. The summed E-state index contributed by atoms with van der Waals surface area (Å²) in [5, 5.41) is 24.1. The van der Waals surface area contributed by atoms with E-state index in [0.29, 0.717) is 23.9 Å². The number of urea groups is 1. The van der Waals surface area contributed by atoms with Crippen molar-refractivity contribution in [3.8, 4) is 16.9 Å². The van der Waals surface area contributed by atoms with Crippen molar-refractivity contribution in [3.05, 3.63) is 30.6 Å². The number of alkyl halides is 6. The number of amides is 2. The highest BCUT2D eigenvalue weighted by Crippen LogP contribution is 2.31. The minimum atomic E-state index is -5.08. The maximum Gasteiger partial charge on any atom is 0.490 e. The van der Waals surface area contributed by atoms with Gasteiger partial charge >= 0.3 is 30.3 Å². The quantitative estimate of drug-likeness (QED) is 0.287. The van der Waals surface area contributed by atoms with Gasteiger partial charge in [0.2, 0.25) is 0 Å². The van der Waals surface area contributed by atoms with Crippen LogP contribution in [0.5, 0.6) is 5.75 Å². The molecule has 17 heteroatoms. The summed E-state index contributed by atoms with van der Waals surface area (Å²) in [6.07, 6.45) is -0.266. The van der Waals surface area contributed by atoms with E-state index in [0.717, 1.165) is 24.2 Å². The number of hydrogen-bond donors (Lipinski definition) is 4. The lowest BCUT2D eigenvalue weighted by Gasteiger charge is -2.31. The summed E-state index contributed by atoms with van der Waals surface area (Å²) in [6, 6.07) is 5.72. The highest BCUT2D eigenvalue weighted by atomic mass is 19.4. The molecule has 1 saturated carbocycles. The van der Waals surface area contributed by atoms with Crippen LogP contribution in [0.1, 0.15) is 32.1 Å². The number of H-pyrrole nitrogens is 1. The van der Waals surface area contributed by atoms with Gasteiger partial charge in [-0.2, -0.15) is 31.4 Å². The van der Waals surface area contributed by atoms with Crippen LogP contribution in [0.2, 0.25) is 0 Å². The van der Waals surface area contributed by atoms with Crippen LogP contribution in [0.4, 0.5) is 36.8 Å². The molecule has 0 spiro atoms. The third-order valence-electron chi connectivity index (χ3n) is 6.07. The highest BCUT2D eigenvalue weighted by molar-refractivity contribution is 5.91. The summed E-state index contributed by atoms with van der Waals surface area (Å²) in [5.74, 6) is -4.27. The van der Waals surface area contributed by atoms with Crippen LogP contribution in [0.25, 0.3) is 11.1 Å². The van der Waals surface area contributed by atoms with Gasteiger partial charge in [-0.3, -0.25) is 5.10 Å². The van der Waals surface area contributed by atoms with E-state index in [1.807, 2.05) is 43.4 Å². The number of carbonyl (C=O) groups excluding carboxylic acids is 1. The van der Waals surface area contributed by atoms with Gasteiger partial charge in [-0.15, -0.1) is 0 Å². The van der Waals surface area contributed by atoms with Crippen molar-refractivity contribution >= 4 is 23.7 Å². The normalized spacial score (nSPS) is 13.6. The Labute approximate surface area is 243 Å². The number of anilines is 1. The molecule has 0 bridgehead atoms. The first-order chi connectivity index (χ1) is 19.9. The van der Waals surface area contributed by atoms with Crippen molar-refractivity contribution < 1.29 is 55.7 Å². The van der Waals surface area contributed by atoms with E-state index < -0.39 is 24.3 Å². The number of carbonyl (C=O) groups is 3. The van der Waals surface area contributed by atoms with Crippen LogP contribution in [0.3, 0.4) is 0 Å². The Hall–Kier alpha value is -4.02. The highest BCUT2D eigenvalue weighted by Gasteiger charge is 2.38. The number of carboxylic acids is 2. The number of likely N-dealkylation sites (N-methyl/N-ethyl adjacent to an activating group) is 1. The zero-order chi connectivity index (χ0) is 32.8. The summed E-state index contributed by atoms with van der Waals surface area (Å²) < 4.78 is 69.0. The molecule has 1 heterocycles. The van der Waals surface area contributed by atoms with Crippen LogP contribution in [0.15, 0.2) is 30.6 Å². The van der Waals surface area contributed by atoms with E-state index in [2.05, 4.69) is 20.4 Å². The number of aromatic nitrogens is 2. The summed E-state index contributed by atoms with van der Waals surface area (Å²) in [7, 11) is 5.69. The molecule has 0 aliphatic heterocycles. The van der Waals surface area contributed by atoms with E-state index >= 15 is 0 Å². The summed E-state index contributed by atoms with van der Waals surface area (Å²) in [6.45, 7) is 2.37. The number of hydrogen-bond acceptors (Lipinski definition) is 6. The molecular formula is C26H35F6N5O6. The number of rotatable bonds is 8. The zero-order valence-electron chi connectivity index (χ0n) is 23.8. The van der Waals surface area contributed by atoms with Crippen molar-refractivity contribution in [3.63, 3.8) is 0 Å². The molecule has 3 rings (SSSR count). The van der Waals surface area contributed by atoms with Crippen LogP contribution >= 0.6 is 0 Å². The molecule has 2 amide bonds. The minimum Gasteiger partial charge on any atom is -0.495 e. The van der Waals surface area contributed by atoms with Gasteiger partial charge in [-0.1, -0.05) is 25.3 Å². The molecular weight excluding hydrogens is 592 g/mol. The standard InChI is InChI=1S/C22H33N5O2.2C2HF3O2/c1-26(2)11-12-27(16-17-7-5-4-6-8-17)22(28)25-20-10-9-18(13-21(20)29-3)19-14-23-24-15-19;2*3-2(4,5)1(6)7/h9-10,13-15,17H,4-8,11-12,16H2,1-3H3,(H,23,24)(H,25,28);2*(H,6,7). The number of methoxy groups -OCH3 is 1. The molecule has 242 valence electrons. The van der Waals surface area contributed by atoms with Crippen LogP contribution in [0, 0.1) is 5.92 Å². The average molecular weight is 628 g/mol. The average Bonchev–Trinajstić information content (AvgIpc) is 3.46. The Bertz CT molecular complexity index is 1130. The molecule has 1 fully saturated rings. The predicted molar refractivity (Wildman–Crippen MR) is 144 cm³/mol. The zero-order valence-corrected chi connectivity index (χ0v) is 23.8. The van der Waals surface area contributed by atoms with E-state index in [9.17, 15) is 31.1 Å². The molecule has 0 radical (unpaired) electrons. The number of benzene rings is 1. The first kappa shape index (κ1) is 37.0. The molecule has 11 nitrogen and oxygen atoms in total. The largest absolute Gasteiger partial charge is 0.495 e. The minimum absolute atomic E-state index is 0.0632. The van der Waals surface area contributed by atoms with Gasteiger partial charge in [-0.25, -0.2) is 14.4 Å². The van der Waals surface area contributed by atoms with Gasteiger partial charge in [0.05, 0.1) is 19.0 Å². The second-order valence-electron chi connectivity index (χ2n) is 9.69. The van der Waals surface area contributed by atoms with E-state index in [1.165, 1.54) is 32.1 Å². The van der Waals surface area contributed by atoms with Crippen molar-refractivity contribution in [2.24, 2.45) is 5.92 Å². The molecule has 4 N–H and O–H groups in total. The third-order valence-corrected chi connectivity index (χ3v) is 6.07. The maximum atomic E-state index is 13.1. The SMILES string of the molecule is COc1cc(-c2cn[nH]c2)ccc1NC(=O)N(CCN(C)C)CC1CCCCC1.O=C(O)C(F)(F)F.O=C(O)C(F)(F)F. The van der Waals surface area contributed by atoms with Crippen molar-refractivity contribution in [2.45, 2.75) is 44.5 Å². The van der Waals surface area contributed by atoms with Gasteiger partial charge in [0.25, 0.3) is 0 Å². The second kappa shape index (κ2) is 17.2. The lowest BCUT2D eigenvalue weighted by Crippen LogP contribution is -2.42. The second-order valence-corrected chi connectivity index (χ2v) is 9.69. The Balaban J connectivity index is 0.000000548. The number of aliphatic carboxylic acids is 2. The van der Waals surface area contributed by atoms with Gasteiger partial charge < -0.3 is 30.1 Å². The number of ether oxygens (including phenoxy) is 1. The fraction of sp³-hybridized carbons (Fsp3) is 0.538. The monoisotopic (exact) mass is 627 g/mol. The summed E-state index contributed by atoms with van der Waals surface area (Å²) in [5.41, 5.74) is 2.65. The smallest absolute Gasteiger partial charge is 0.490 e. The van der Waals surface area contributed by atoms with E-state index in [1.54, 1.807) is 13.3 Å². The summed E-state index contributed by atoms with van der Waals surface area (Å²) in [4.78, 5) is 35.0. The van der Waals surface area contributed by atoms with E-state index in [-0.39, 0.29) is 6.03 Å².